The summed E-state index contributed by atoms with van der Waals surface area (Å²) < 4.78 is 1.04. The van der Waals surface area contributed by atoms with Gasteiger partial charge in [0, 0.05) is 12.6 Å². The van der Waals surface area contributed by atoms with Gasteiger partial charge in [-0.1, -0.05) is 30.3 Å². The van der Waals surface area contributed by atoms with Crippen LogP contribution in [0.4, 0.5) is 5.82 Å². The van der Waals surface area contributed by atoms with Gasteiger partial charge in [0.15, 0.2) is 0 Å². The Morgan fingerprint density at radius 3 is 2.68 bits per heavy atom. The number of amides is 1. The van der Waals surface area contributed by atoms with Crippen LogP contribution in [0.25, 0.3) is 0 Å². The number of carbonyl (C=O) groups is 1. The van der Waals surface area contributed by atoms with Gasteiger partial charge in [0.05, 0.1) is 0 Å². The van der Waals surface area contributed by atoms with Crippen LogP contribution in [0.1, 0.15) is 5.56 Å². The van der Waals surface area contributed by atoms with Gasteiger partial charge in [-0.2, -0.15) is 5.10 Å². The van der Waals surface area contributed by atoms with E-state index in [0.29, 0.717) is 6.54 Å². The lowest BCUT2D eigenvalue weighted by molar-refractivity contribution is -0.122. The minimum Gasteiger partial charge on any atom is -0.382 e. The first-order valence-electron chi connectivity index (χ1n) is 5.79. The van der Waals surface area contributed by atoms with E-state index in [9.17, 15) is 9.59 Å². The molecule has 1 aromatic heterocycles. The summed E-state index contributed by atoms with van der Waals surface area (Å²) in [5.41, 5.74) is 6.10. The quantitative estimate of drug-likeness (QED) is 0.816. The fourth-order valence-corrected chi connectivity index (χ4v) is 1.57. The van der Waals surface area contributed by atoms with Crippen LogP contribution >= 0.6 is 0 Å². The van der Waals surface area contributed by atoms with Gasteiger partial charge in [-0.25, -0.2) is 4.68 Å². The Morgan fingerprint density at radius 1 is 1.21 bits per heavy atom. The molecule has 3 N–H and O–H groups in total. The van der Waals surface area contributed by atoms with Gasteiger partial charge < -0.3 is 11.1 Å². The van der Waals surface area contributed by atoms with Crippen molar-refractivity contribution in [2.24, 2.45) is 0 Å². The maximum Gasteiger partial charge on any atom is 0.267 e. The minimum absolute atomic E-state index is 0.142. The van der Waals surface area contributed by atoms with Crippen molar-refractivity contribution in [1.82, 2.24) is 15.1 Å². The molecule has 0 spiro atoms. The summed E-state index contributed by atoms with van der Waals surface area (Å²) in [6.45, 7) is 0.271. The van der Waals surface area contributed by atoms with Gasteiger partial charge in [0.1, 0.15) is 12.4 Å². The third-order valence-corrected chi connectivity index (χ3v) is 2.51. The molecule has 1 amide bonds. The first kappa shape index (κ1) is 12.8. The summed E-state index contributed by atoms with van der Waals surface area (Å²) in [5, 5.41) is 6.50. The number of benzene rings is 1. The number of anilines is 1. The van der Waals surface area contributed by atoms with E-state index in [4.69, 9.17) is 5.73 Å². The monoisotopic (exact) mass is 258 g/mol. The summed E-state index contributed by atoms with van der Waals surface area (Å²) in [5.74, 6) is -0.0838. The summed E-state index contributed by atoms with van der Waals surface area (Å²) in [6.07, 6.45) is 0. The predicted octanol–water partition coefficient (Wildman–Crippen LogP) is 0.142. The lowest BCUT2D eigenvalue weighted by Gasteiger charge is -2.06. The highest BCUT2D eigenvalue weighted by molar-refractivity contribution is 5.75. The maximum absolute atomic E-state index is 11.7. The van der Waals surface area contributed by atoms with Gasteiger partial charge in [-0.05, 0) is 11.6 Å². The van der Waals surface area contributed by atoms with Crippen LogP contribution in [-0.4, -0.2) is 15.7 Å². The molecule has 0 aliphatic heterocycles. The number of hydrogen-bond donors (Lipinski definition) is 2. The molecule has 0 radical (unpaired) electrons. The number of nitrogens with one attached hydrogen (secondary N) is 1. The van der Waals surface area contributed by atoms with Crippen LogP contribution in [-0.2, 0) is 17.9 Å². The molecule has 98 valence electrons. The van der Waals surface area contributed by atoms with Crippen LogP contribution < -0.4 is 16.6 Å². The summed E-state index contributed by atoms with van der Waals surface area (Å²) in [6, 6.07) is 12.2. The van der Waals surface area contributed by atoms with Crippen molar-refractivity contribution in [1.29, 1.82) is 0 Å². The minimum atomic E-state index is -0.357. The molecule has 0 bridgehead atoms. The summed E-state index contributed by atoms with van der Waals surface area (Å²) in [7, 11) is 0. The fourth-order valence-electron chi connectivity index (χ4n) is 1.57. The van der Waals surface area contributed by atoms with Gasteiger partial charge in [-0.15, -0.1) is 0 Å². The third-order valence-electron chi connectivity index (χ3n) is 2.51. The molecular formula is C13H14N4O2. The second-order valence-electron chi connectivity index (χ2n) is 4.02. The Hall–Kier alpha value is -2.63. The average molecular weight is 258 g/mol. The average Bonchev–Trinajstić information content (AvgIpc) is 2.42. The highest BCUT2D eigenvalue weighted by Crippen LogP contribution is 1.97. The van der Waals surface area contributed by atoms with Crippen molar-refractivity contribution in [3.63, 3.8) is 0 Å². The van der Waals surface area contributed by atoms with Crippen molar-refractivity contribution in [3.05, 3.63) is 58.4 Å². The molecule has 1 heterocycles. The maximum atomic E-state index is 11.7. The van der Waals surface area contributed by atoms with Crippen LogP contribution in [0.5, 0.6) is 0 Å². The molecule has 6 nitrogen and oxygen atoms in total. The molecule has 0 atom stereocenters. The standard InChI is InChI=1S/C13H14N4O2/c14-11-6-7-13(19)17(16-11)9-12(18)15-8-10-4-2-1-3-5-10/h1-7H,8-9H2,(H2,14,16)(H,15,18). The fraction of sp³-hybridized carbons (Fsp3) is 0.154. The Morgan fingerprint density at radius 2 is 1.95 bits per heavy atom. The van der Waals surface area contributed by atoms with Crippen molar-refractivity contribution in [3.8, 4) is 0 Å². The Bertz CT molecular complexity index is 622. The molecule has 19 heavy (non-hydrogen) atoms. The molecule has 0 aliphatic carbocycles. The van der Waals surface area contributed by atoms with Gasteiger partial charge in [0.2, 0.25) is 5.91 Å². The van der Waals surface area contributed by atoms with E-state index in [1.165, 1.54) is 12.1 Å². The van der Waals surface area contributed by atoms with E-state index in [-0.39, 0.29) is 23.8 Å². The molecule has 0 fully saturated rings. The highest BCUT2D eigenvalue weighted by Gasteiger charge is 2.05. The van der Waals surface area contributed by atoms with E-state index < -0.39 is 0 Å². The van der Waals surface area contributed by atoms with Gasteiger partial charge in [-0.3, -0.25) is 9.59 Å². The van der Waals surface area contributed by atoms with E-state index in [1.807, 2.05) is 30.3 Å². The second-order valence-corrected chi connectivity index (χ2v) is 4.02. The topological polar surface area (TPSA) is 90.0 Å². The van der Waals surface area contributed by atoms with E-state index in [1.54, 1.807) is 0 Å². The molecule has 2 aromatic rings. The normalized spacial score (nSPS) is 10.1. The predicted molar refractivity (Wildman–Crippen MR) is 71.2 cm³/mol. The third kappa shape index (κ3) is 3.67. The molecule has 1 aromatic carbocycles. The second kappa shape index (κ2) is 5.81. The smallest absolute Gasteiger partial charge is 0.267 e. The largest absolute Gasteiger partial charge is 0.382 e. The van der Waals surface area contributed by atoms with Gasteiger partial charge in [0.25, 0.3) is 5.56 Å². The van der Waals surface area contributed by atoms with Crippen LogP contribution in [0, 0.1) is 0 Å². The lowest BCUT2D eigenvalue weighted by atomic mass is 10.2. The summed E-state index contributed by atoms with van der Waals surface area (Å²) >= 11 is 0. The number of hydrogen-bond acceptors (Lipinski definition) is 4. The number of aromatic nitrogens is 2. The zero-order valence-electron chi connectivity index (χ0n) is 10.2. The number of nitrogens with zero attached hydrogens (tertiary/aromatic N) is 2. The van der Waals surface area contributed by atoms with Crippen molar-refractivity contribution < 1.29 is 4.79 Å². The van der Waals surface area contributed by atoms with E-state index in [2.05, 4.69) is 10.4 Å². The van der Waals surface area contributed by atoms with Crippen molar-refractivity contribution in [2.75, 3.05) is 5.73 Å². The Labute approximate surface area is 109 Å². The first-order valence-corrected chi connectivity index (χ1v) is 5.79. The number of nitrogen functional groups attached to an aromatic ring is 1. The molecular weight excluding hydrogens is 244 g/mol. The molecule has 0 unspecified atom stereocenters. The van der Waals surface area contributed by atoms with E-state index in [0.717, 1.165) is 10.2 Å². The molecule has 6 heteroatoms. The van der Waals surface area contributed by atoms with Gasteiger partial charge >= 0.3 is 0 Å². The van der Waals surface area contributed by atoms with Crippen molar-refractivity contribution in [2.45, 2.75) is 13.1 Å². The highest BCUT2D eigenvalue weighted by atomic mass is 16.2. The van der Waals surface area contributed by atoms with Crippen LogP contribution in [0.2, 0.25) is 0 Å². The van der Waals surface area contributed by atoms with Crippen LogP contribution in [0.15, 0.2) is 47.3 Å². The van der Waals surface area contributed by atoms with Crippen molar-refractivity contribution >= 4 is 11.7 Å². The Kier molecular flexibility index (Phi) is 3.92. The zero-order valence-corrected chi connectivity index (χ0v) is 10.2. The lowest BCUT2D eigenvalue weighted by Crippen LogP contribution is -2.33. The molecule has 0 aliphatic rings. The zero-order chi connectivity index (χ0) is 13.7. The molecule has 2 rings (SSSR count). The number of carbonyl (C=O) groups excluding carboxylic acids is 1. The summed E-state index contributed by atoms with van der Waals surface area (Å²) in [4.78, 5) is 23.1. The molecule has 0 saturated heterocycles. The van der Waals surface area contributed by atoms with Crippen LogP contribution in [0.3, 0.4) is 0 Å². The molecule has 0 saturated carbocycles. The Balaban J connectivity index is 1.95. The number of rotatable bonds is 4. The first-order chi connectivity index (χ1) is 9.15. The van der Waals surface area contributed by atoms with E-state index >= 15 is 0 Å². The number of nitrogens with two attached hydrogens (primary N) is 1. The SMILES string of the molecule is Nc1ccc(=O)n(CC(=O)NCc2ccccc2)n1.